The Morgan fingerprint density at radius 1 is 1.57 bits per heavy atom. The summed E-state index contributed by atoms with van der Waals surface area (Å²) in [6.07, 6.45) is 2.36. The Balaban J connectivity index is 2.28. The minimum absolute atomic E-state index is 0.372. The molecule has 0 saturated heterocycles. The van der Waals surface area contributed by atoms with Crippen molar-refractivity contribution in [3.05, 3.63) is 0 Å². The molecule has 0 amide bonds. The number of carboxylic acids is 1. The number of nitrogens with two attached hydrogens (primary N) is 1. The van der Waals surface area contributed by atoms with Crippen LogP contribution in [0.1, 0.15) is 26.7 Å². The van der Waals surface area contributed by atoms with Gasteiger partial charge in [0.1, 0.15) is 6.04 Å². The highest BCUT2D eigenvalue weighted by molar-refractivity contribution is 5.73. The first-order chi connectivity index (χ1) is 6.52. The third-order valence-electron chi connectivity index (χ3n) is 3.38. The molecule has 4 atom stereocenters. The molecule has 0 aromatic rings. The van der Waals surface area contributed by atoms with Crippen molar-refractivity contribution in [1.29, 1.82) is 0 Å². The van der Waals surface area contributed by atoms with Crippen LogP contribution in [0.2, 0.25) is 0 Å². The number of hydrogen-bond donors (Lipinski definition) is 3. The summed E-state index contributed by atoms with van der Waals surface area (Å²) < 4.78 is 0. The zero-order chi connectivity index (χ0) is 10.7. The van der Waals surface area contributed by atoms with E-state index in [4.69, 9.17) is 10.8 Å². The van der Waals surface area contributed by atoms with Gasteiger partial charge in [0.15, 0.2) is 0 Å². The van der Waals surface area contributed by atoms with E-state index in [2.05, 4.69) is 19.2 Å². The Morgan fingerprint density at radius 2 is 2.21 bits per heavy atom. The van der Waals surface area contributed by atoms with E-state index in [1.54, 1.807) is 0 Å². The molecular formula is C10H20N2O2. The molecule has 14 heavy (non-hydrogen) atoms. The van der Waals surface area contributed by atoms with Crippen molar-refractivity contribution in [2.24, 2.45) is 17.6 Å². The molecule has 4 heteroatoms. The lowest BCUT2D eigenvalue weighted by Crippen LogP contribution is -2.45. The monoisotopic (exact) mass is 200 g/mol. The quantitative estimate of drug-likeness (QED) is 0.615. The summed E-state index contributed by atoms with van der Waals surface area (Å²) in [7, 11) is 0. The molecule has 0 bridgehead atoms. The fraction of sp³-hybridized carbons (Fsp3) is 0.900. The summed E-state index contributed by atoms with van der Waals surface area (Å²) in [5.74, 6) is 0.417. The molecule has 0 aromatic heterocycles. The number of nitrogens with one attached hydrogen (secondary N) is 1. The van der Waals surface area contributed by atoms with Crippen molar-refractivity contribution in [3.63, 3.8) is 0 Å². The van der Waals surface area contributed by atoms with E-state index in [0.717, 1.165) is 12.3 Å². The van der Waals surface area contributed by atoms with Crippen LogP contribution in [-0.4, -0.2) is 29.7 Å². The third kappa shape index (κ3) is 2.69. The Kier molecular flexibility index (Phi) is 3.89. The van der Waals surface area contributed by atoms with Crippen molar-refractivity contribution in [3.8, 4) is 0 Å². The zero-order valence-corrected chi connectivity index (χ0v) is 8.86. The van der Waals surface area contributed by atoms with Gasteiger partial charge in [0, 0.05) is 12.6 Å². The number of aliphatic carboxylic acids is 1. The Morgan fingerprint density at radius 3 is 2.64 bits per heavy atom. The molecular weight excluding hydrogens is 180 g/mol. The number of rotatable bonds is 4. The molecule has 1 rings (SSSR count). The minimum Gasteiger partial charge on any atom is -0.480 e. The van der Waals surface area contributed by atoms with Crippen LogP contribution < -0.4 is 11.1 Å². The van der Waals surface area contributed by atoms with Crippen LogP contribution in [0, 0.1) is 11.8 Å². The van der Waals surface area contributed by atoms with Gasteiger partial charge in [0.2, 0.25) is 0 Å². The van der Waals surface area contributed by atoms with E-state index in [1.165, 1.54) is 6.42 Å². The first-order valence-electron chi connectivity index (χ1n) is 5.24. The standard InChI is InChI=1S/C10H20N2O2/c1-6-3-4-9(7(6)2)12-5-8(11)10(13)14/h6-9,12H,3-5,11H2,1-2H3,(H,13,14). The van der Waals surface area contributed by atoms with Gasteiger partial charge in [-0.2, -0.15) is 0 Å². The fourth-order valence-electron chi connectivity index (χ4n) is 2.02. The second kappa shape index (κ2) is 4.75. The highest BCUT2D eigenvalue weighted by Gasteiger charge is 2.29. The van der Waals surface area contributed by atoms with Crippen molar-refractivity contribution in [2.75, 3.05) is 6.54 Å². The average Bonchev–Trinajstić information content (AvgIpc) is 2.44. The lowest BCUT2D eigenvalue weighted by atomic mass is 9.98. The number of carboxylic acid groups (broad SMARTS) is 1. The molecule has 82 valence electrons. The molecule has 1 saturated carbocycles. The molecule has 0 radical (unpaired) electrons. The summed E-state index contributed by atoms with van der Waals surface area (Å²) in [5, 5.41) is 11.8. The maximum absolute atomic E-state index is 10.5. The molecule has 0 aromatic carbocycles. The second-order valence-electron chi connectivity index (χ2n) is 4.37. The molecule has 4 unspecified atom stereocenters. The van der Waals surface area contributed by atoms with Crippen LogP contribution in [-0.2, 0) is 4.79 Å². The number of hydrogen-bond acceptors (Lipinski definition) is 3. The molecule has 0 heterocycles. The van der Waals surface area contributed by atoms with Crippen LogP contribution in [0.4, 0.5) is 0 Å². The van der Waals surface area contributed by atoms with Gasteiger partial charge in [0.25, 0.3) is 0 Å². The Hall–Kier alpha value is -0.610. The van der Waals surface area contributed by atoms with Gasteiger partial charge in [-0.15, -0.1) is 0 Å². The summed E-state index contributed by atoms with van der Waals surface area (Å²) in [6.45, 7) is 4.82. The molecule has 1 aliphatic carbocycles. The van der Waals surface area contributed by atoms with Crippen LogP contribution in [0.5, 0.6) is 0 Å². The molecule has 4 N–H and O–H groups in total. The molecule has 0 aliphatic heterocycles. The van der Waals surface area contributed by atoms with E-state index in [9.17, 15) is 4.79 Å². The van der Waals surface area contributed by atoms with Gasteiger partial charge >= 0.3 is 5.97 Å². The van der Waals surface area contributed by atoms with Crippen molar-refractivity contribution in [1.82, 2.24) is 5.32 Å². The van der Waals surface area contributed by atoms with E-state index in [-0.39, 0.29) is 0 Å². The van der Waals surface area contributed by atoms with Crippen LogP contribution in [0.3, 0.4) is 0 Å². The Bertz CT molecular complexity index is 208. The van der Waals surface area contributed by atoms with Crippen LogP contribution in [0.15, 0.2) is 0 Å². The topological polar surface area (TPSA) is 75.3 Å². The second-order valence-corrected chi connectivity index (χ2v) is 4.37. The van der Waals surface area contributed by atoms with Crippen molar-refractivity contribution >= 4 is 5.97 Å². The van der Waals surface area contributed by atoms with Crippen molar-refractivity contribution < 1.29 is 9.90 Å². The molecule has 4 nitrogen and oxygen atoms in total. The summed E-state index contributed by atoms with van der Waals surface area (Å²) >= 11 is 0. The summed E-state index contributed by atoms with van der Waals surface area (Å²) in [4.78, 5) is 10.5. The maximum Gasteiger partial charge on any atom is 0.321 e. The lowest BCUT2D eigenvalue weighted by molar-refractivity contribution is -0.138. The minimum atomic E-state index is -0.934. The predicted octanol–water partition coefficient (Wildman–Crippen LogP) is 0.423. The fourth-order valence-corrected chi connectivity index (χ4v) is 2.02. The van der Waals surface area contributed by atoms with Crippen molar-refractivity contribution in [2.45, 2.75) is 38.8 Å². The van der Waals surface area contributed by atoms with Gasteiger partial charge in [-0.1, -0.05) is 13.8 Å². The normalized spacial score (nSPS) is 34.4. The molecule has 1 aliphatic rings. The Labute approximate surface area is 84.9 Å². The van der Waals surface area contributed by atoms with Gasteiger partial charge in [-0.25, -0.2) is 0 Å². The number of carbonyl (C=O) groups is 1. The third-order valence-corrected chi connectivity index (χ3v) is 3.38. The van der Waals surface area contributed by atoms with Gasteiger partial charge in [-0.05, 0) is 24.7 Å². The smallest absolute Gasteiger partial charge is 0.321 e. The first-order valence-corrected chi connectivity index (χ1v) is 5.24. The maximum atomic E-state index is 10.5. The average molecular weight is 200 g/mol. The van der Waals surface area contributed by atoms with E-state index >= 15 is 0 Å². The van der Waals surface area contributed by atoms with E-state index in [1.807, 2.05) is 0 Å². The SMILES string of the molecule is CC1CCC(NCC(N)C(=O)O)C1C. The predicted molar refractivity (Wildman–Crippen MR) is 55.0 cm³/mol. The summed E-state index contributed by atoms with van der Waals surface area (Å²) in [5.41, 5.74) is 5.41. The highest BCUT2D eigenvalue weighted by Crippen LogP contribution is 2.30. The van der Waals surface area contributed by atoms with Crippen LogP contribution in [0.25, 0.3) is 0 Å². The lowest BCUT2D eigenvalue weighted by Gasteiger charge is -2.20. The van der Waals surface area contributed by atoms with E-state index < -0.39 is 12.0 Å². The highest BCUT2D eigenvalue weighted by atomic mass is 16.4. The van der Waals surface area contributed by atoms with Gasteiger partial charge in [-0.3, -0.25) is 4.79 Å². The largest absolute Gasteiger partial charge is 0.480 e. The van der Waals surface area contributed by atoms with E-state index in [0.29, 0.717) is 18.5 Å². The summed E-state index contributed by atoms with van der Waals surface area (Å²) in [6, 6.07) is -0.339. The van der Waals surface area contributed by atoms with Gasteiger partial charge < -0.3 is 16.2 Å². The van der Waals surface area contributed by atoms with Crippen LogP contribution >= 0.6 is 0 Å². The zero-order valence-electron chi connectivity index (χ0n) is 8.86. The molecule has 0 spiro atoms. The first kappa shape index (κ1) is 11.5. The van der Waals surface area contributed by atoms with Gasteiger partial charge in [0.05, 0.1) is 0 Å². The molecule has 1 fully saturated rings.